The summed E-state index contributed by atoms with van der Waals surface area (Å²) >= 11 is 11.1. The summed E-state index contributed by atoms with van der Waals surface area (Å²) in [6.07, 6.45) is 3.49. The summed E-state index contributed by atoms with van der Waals surface area (Å²) in [5.74, 6) is 2.82. The largest absolute Gasteiger partial charge is 0.493 e. The highest BCUT2D eigenvalue weighted by atomic mass is 79.9. The van der Waals surface area contributed by atoms with E-state index in [0.29, 0.717) is 18.1 Å². The molecule has 186 valence electrons. The Labute approximate surface area is 228 Å². The summed E-state index contributed by atoms with van der Waals surface area (Å²) in [7, 11) is 1.63. The van der Waals surface area contributed by atoms with E-state index in [0.717, 1.165) is 55.8 Å². The second-order valence-electron chi connectivity index (χ2n) is 7.91. The van der Waals surface area contributed by atoms with Crippen molar-refractivity contribution in [1.29, 1.82) is 0 Å². The van der Waals surface area contributed by atoms with E-state index in [1.54, 1.807) is 25.1 Å². The summed E-state index contributed by atoms with van der Waals surface area (Å²) < 4.78 is 14.6. The van der Waals surface area contributed by atoms with E-state index in [1.165, 1.54) is 0 Å². The molecule has 4 aromatic rings. The predicted octanol–water partition coefficient (Wildman–Crippen LogP) is 7.41. The number of para-hydroxylation sites is 1. The Balaban J connectivity index is 1.58. The van der Waals surface area contributed by atoms with Gasteiger partial charge in [-0.3, -0.25) is 0 Å². The first kappa shape index (κ1) is 26.3. The van der Waals surface area contributed by atoms with E-state index in [9.17, 15) is 0 Å². The van der Waals surface area contributed by atoms with Crippen molar-refractivity contribution in [2.24, 2.45) is 5.10 Å². The van der Waals surface area contributed by atoms with Gasteiger partial charge in [-0.25, -0.2) is 0 Å². The molecule has 0 saturated heterocycles. The molecule has 0 bridgehead atoms. The van der Waals surface area contributed by atoms with Gasteiger partial charge in [0.15, 0.2) is 17.3 Å². The molecule has 0 radical (unpaired) electrons. The first-order valence-corrected chi connectivity index (χ1v) is 13.6. The van der Waals surface area contributed by atoms with Gasteiger partial charge in [-0.15, -0.1) is 10.2 Å². The number of aromatic nitrogens is 3. The highest BCUT2D eigenvalue weighted by molar-refractivity contribution is 9.10. The lowest BCUT2D eigenvalue weighted by Crippen LogP contribution is -2.03. The summed E-state index contributed by atoms with van der Waals surface area (Å²) in [6.45, 7) is 2.52. The van der Waals surface area contributed by atoms with Crippen LogP contribution in [0.25, 0.3) is 0 Å². The molecule has 36 heavy (non-hydrogen) atoms. The first-order valence-electron chi connectivity index (χ1n) is 11.5. The third-order valence-corrected chi connectivity index (χ3v) is 7.04. The summed E-state index contributed by atoms with van der Waals surface area (Å²) in [4.78, 5) is 0. The number of aryl methyl sites for hydroxylation is 1. The normalized spacial score (nSPS) is 11.2. The van der Waals surface area contributed by atoms with Gasteiger partial charge in [0.1, 0.15) is 6.61 Å². The lowest BCUT2D eigenvalue weighted by atomic mass is 10.2. The third kappa shape index (κ3) is 6.90. The minimum atomic E-state index is 0.407. The van der Waals surface area contributed by atoms with Gasteiger partial charge in [0, 0.05) is 27.2 Å². The molecule has 0 spiro atoms. The Hall–Kier alpha value is -2.81. The number of methoxy groups -OCH3 is 1. The van der Waals surface area contributed by atoms with Crippen LogP contribution in [0.4, 0.5) is 0 Å². The minimum Gasteiger partial charge on any atom is -0.493 e. The third-order valence-electron chi connectivity index (χ3n) is 5.27. The van der Waals surface area contributed by atoms with Crippen molar-refractivity contribution in [2.75, 3.05) is 7.11 Å². The SMILES string of the molecule is CCCc1nnc(SCc2ccc(Cl)cc2)n1/N=C/c1cccc(OC)c1OCc1ccc(Br)cc1. The van der Waals surface area contributed by atoms with Crippen LogP contribution in [0.2, 0.25) is 5.02 Å². The number of ether oxygens (including phenoxy) is 2. The van der Waals surface area contributed by atoms with Gasteiger partial charge in [0.05, 0.1) is 13.3 Å². The van der Waals surface area contributed by atoms with Crippen LogP contribution in [-0.4, -0.2) is 28.2 Å². The van der Waals surface area contributed by atoms with Gasteiger partial charge >= 0.3 is 0 Å². The molecule has 0 amide bonds. The molecule has 0 atom stereocenters. The second kappa shape index (κ2) is 12.9. The fraction of sp³-hybridized carbons (Fsp3) is 0.222. The maximum Gasteiger partial charge on any atom is 0.212 e. The Morgan fingerprint density at radius 1 is 1.03 bits per heavy atom. The standard InChI is InChI=1S/C27H26BrClN4O2S/c1-3-5-25-31-32-27(36-18-20-10-14-23(29)15-11-20)33(25)30-16-21-6-4-7-24(34-2)26(21)35-17-19-8-12-22(28)13-9-19/h4,6-16H,3,5,17-18H2,1-2H3/b30-16+. The Morgan fingerprint density at radius 3 is 2.50 bits per heavy atom. The van der Waals surface area contributed by atoms with E-state index in [4.69, 9.17) is 26.2 Å². The van der Waals surface area contributed by atoms with Gasteiger partial charge in [-0.05, 0) is 53.9 Å². The predicted molar refractivity (Wildman–Crippen MR) is 149 cm³/mol. The molecule has 9 heteroatoms. The van der Waals surface area contributed by atoms with Crippen molar-refractivity contribution in [3.05, 3.63) is 98.7 Å². The van der Waals surface area contributed by atoms with Gasteiger partial charge in [0.2, 0.25) is 5.16 Å². The molecule has 1 aromatic heterocycles. The Bertz CT molecular complexity index is 1310. The lowest BCUT2D eigenvalue weighted by Gasteiger charge is -2.13. The average molecular weight is 586 g/mol. The number of rotatable bonds is 11. The smallest absolute Gasteiger partial charge is 0.212 e. The van der Waals surface area contributed by atoms with Crippen LogP contribution in [-0.2, 0) is 18.8 Å². The summed E-state index contributed by atoms with van der Waals surface area (Å²) in [5.41, 5.74) is 3.00. The average Bonchev–Trinajstić information content (AvgIpc) is 3.28. The van der Waals surface area contributed by atoms with Crippen LogP contribution in [0.15, 0.2) is 81.5 Å². The van der Waals surface area contributed by atoms with Crippen LogP contribution in [0.1, 0.15) is 35.9 Å². The van der Waals surface area contributed by atoms with Crippen LogP contribution < -0.4 is 9.47 Å². The van der Waals surface area contributed by atoms with Crippen molar-refractivity contribution in [3.8, 4) is 11.5 Å². The van der Waals surface area contributed by atoms with E-state index < -0.39 is 0 Å². The minimum absolute atomic E-state index is 0.407. The number of benzene rings is 3. The van der Waals surface area contributed by atoms with Crippen molar-refractivity contribution in [3.63, 3.8) is 0 Å². The molecule has 0 fully saturated rings. The van der Waals surface area contributed by atoms with E-state index >= 15 is 0 Å². The van der Waals surface area contributed by atoms with E-state index in [2.05, 4.69) is 33.1 Å². The number of hydrogen-bond acceptors (Lipinski definition) is 6. The highest BCUT2D eigenvalue weighted by Crippen LogP contribution is 2.31. The van der Waals surface area contributed by atoms with Crippen LogP contribution in [0.3, 0.4) is 0 Å². The lowest BCUT2D eigenvalue weighted by molar-refractivity contribution is 0.284. The molecule has 0 saturated carbocycles. The fourth-order valence-corrected chi connectivity index (χ4v) is 4.67. The molecular formula is C27H26BrClN4O2S. The molecule has 3 aromatic carbocycles. The molecule has 4 rings (SSSR count). The molecule has 1 heterocycles. The van der Waals surface area contributed by atoms with Crippen molar-refractivity contribution < 1.29 is 9.47 Å². The van der Waals surface area contributed by atoms with Crippen LogP contribution in [0, 0.1) is 0 Å². The molecule has 0 aliphatic rings. The summed E-state index contributed by atoms with van der Waals surface area (Å²) in [6, 6.07) is 21.6. The molecule has 6 nitrogen and oxygen atoms in total. The molecule has 0 N–H and O–H groups in total. The maximum atomic E-state index is 6.19. The number of halogens is 2. The fourth-order valence-electron chi connectivity index (χ4n) is 3.42. The van der Waals surface area contributed by atoms with E-state index in [-0.39, 0.29) is 0 Å². The van der Waals surface area contributed by atoms with Gasteiger partial charge in [0.25, 0.3) is 0 Å². The topological polar surface area (TPSA) is 61.5 Å². The van der Waals surface area contributed by atoms with Crippen molar-refractivity contribution in [1.82, 2.24) is 14.9 Å². The van der Waals surface area contributed by atoms with Gasteiger partial charge < -0.3 is 9.47 Å². The van der Waals surface area contributed by atoms with Crippen molar-refractivity contribution in [2.45, 2.75) is 37.3 Å². The zero-order chi connectivity index (χ0) is 25.3. The molecule has 0 aliphatic carbocycles. The highest BCUT2D eigenvalue weighted by Gasteiger charge is 2.14. The first-order chi connectivity index (χ1) is 17.6. The Morgan fingerprint density at radius 2 is 1.78 bits per heavy atom. The molecular weight excluding hydrogens is 560 g/mol. The zero-order valence-electron chi connectivity index (χ0n) is 20.0. The molecule has 0 unspecified atom stereocenters. The van der Waals surface area contributed by atoms with Crippen molar-refractivity contribution >= 4 is 45.5 Å². The van der Waals surface area contributed by atoms with Gasteiger partial charge in [-0.1, -0.05) is 76.5 Å². The number of hydrogen-bond donors (Lipinski definition) is 0. The Kier molecular flexibility index (Phi) is 9.44. The van der Waals surface area contributed by atoms with Gasteiger partial charge in [-0.2, -0.15) is 9.78 Å². The quantitative estimate of drug-likeness (QED) is 0.135. The number of thioether (sulfide) groups is 1. The number of nitrogens with zero attached hydrogens (tertiary/aromatic N) is 4. The second-order valence-corrected chi connectivity index (χ2v) is 10.2. The molecule has 0 aliphatic heterocycles. The monoisotopic (exact) mass is 584 g/mol. The summed E-state index contributed by atoms with van der Waals surface area (Å²) in [5, 5.41) is 15.0. The zero-order valence-corrected chi connectivity index (χ0v) is 23.2. The maximum absolute atomic E-state index is 6.19. The van der Waals surface area contributed by atoms with Crippen LogP contribution in [0.5, 0.6) is 11.5 Å². The van der Waals surface area contributed by atoms with Crippen LogP contribution >= 0.6 is 39.3 Å². The van der Waals surface area contributed by atoms with E-state index in [1.807, 2.05) is 71.4 Å².